The first-order valence-electron chi connectivity index (χ1n) is 3.16. The fourth-order valence-electron chi connectivity index (χ4n) is 0.796. The first kappa shape index (κ1) is 10.7. The van der Waals surface area contributed by atoms with E-state index in [4.69, 9.17) is 0 Å². The molecule has 6 heteroatoms. The number of hydrogen-bond donors (Lipinski definition) is 0. The third-order valence-electron chi connectivity index (χ3n) is 1.35. The Bertz CT molecular complexity index is 355. The number of nitrogens with zero attached hydrogens (tertiary/aromatic N) is 1. The summed E-state index contributed by atoms with van der Waals surface area (Å²) in [7, 11) is 0. The number of hydrogen-bond acceptors (Lipinski definition) is 2. The summed E-state index contributed by atoms with van der Waals surface area (Å²) in [6, 6.07) is 0. The average Bonchev–Trinajstić information content (AvgIpc) is 2.01. The standard InChI is InChI=1S/C7H3Br2F2NO/c1-2(13)3-4(10)6(8)12-7(9)5(3)11/h1H3. The molecule has 0 aromatic carbocycles. The predicted molar refractivity (Wildman–Crippen MR) is 49.6 cm³/mol. The highest BCUT2D eigenvalue weighted by atomic mass is 79.9. The molecule has 0 saturated heterocycles. The lowest BCUT2D eigenvalue weighted by atomic mass is 10.2. The Morgan fingerprint density at radius 1 is 1.23 bits per heavy atom. The largest absolute Gasteiger partial charge is 0.294 e. The third kappa shape index (κ3) is 1.94. The summed E-state index contributed by atoms with van der Waals surface area (Å²) in [6.45, 7) is 1.08. The molecule has 2 nitrogen and oxygen atoms in total. The molecule has 0 fully saturated rings. The van der Waals surface area contributed by atoms with Crippen LogP contribution in [0.15, 0.2) is 9.21 Å². The molecule has 0 aliphatic heterocycles. The summed E-state index contributed by atoms with van der Waals surface area (Å²) in [5.41, 5.74) is -0.589. The summed E-state index contributed by atoms with van der Waals surface area (Å²) in [5.74, 6) is -2.64. The highest BCUT2D eigenvalue weighted by Crippen LogP contribution is 2.25. The first-order valence-corrected chi connectivity index (χ1v) is 4.74. The van der Waals surface area contributed by atoms with Gasteiger partial charge in [0.2, 0.25) is 0 Å². The van der Waals surface area contributed by atoms with Crippen LogP contribution in [0.3, 0.4) is 0 Å². The maximum atomic E-state index is 13.1. The molecule has 0 bridgehead atoms. The van der Waals surface area contributed by atoms with Crippen molar-refractivity contribution < 1.29 is 13.6 Å². The third-order valence-corrected chi connectivity index (χ3v) is 2.40. The van der Waals surface area contributed by atoms with Gasteiger partial charge in [-0.15, -0.1) is 0 Å². The minimum absolute atomic E-state index is 0.189. The van der Waals surface area contributed by atoms with E-state index in [1.54, 1.807) is 0 Å². The lowest BCUT2D eigenvalue weighted by Crippen LogP contribution is -2.05. The van der Waals surface area contributed by atoms with Gasteiger partial charge in [0.1, 0.15) is 9.21 Å². The van der Waals surface area contributed by atoms with Gasteiger partial charge in [0, 0.05) is 0 Å². The molecule has 1 rings (SSSR count). The fraction of sp³-hybridized carbons (Fsp3) is 0.143. The van der Waals surface area contributed by atoms with Crippen LogP contribution in [0.1, 0.15) is 17.3 Å². The van der Waals surface area contributed by atoms with Crippen molar-refractivity contribution in [3.05, 3.63) is 26.4 Å². The number of carbonyl (C=O) groups excluding carboxylic acids is 1. The van der Waals surface area contributed by atoms with Crippen molar-refractivity contribution in [1.82, 2.24) is 4.98 Å². The second-order valence-corrected chi connectivity index (χ2v) is 3.75. The van der Waals surface area contributed by atoms with Gasteiger partial charge in [0.15, 0.2) is 17.4 Å². The maximum Gasteiger partial charge on any atom is 0.169 e. The van der Waals surface area contributed by atoms with Crippen LogP contribution in [0.4, 0.5) is 8.78 Å². The van der Waals surface area contributed by atoms with Crippen LogP contribution < -0.4 is 0 Å². The zero-order valence-electron chi connectivity index (χ0n) is 6.37. The van der Waals surface area contributed by atoms with Gasteiger partial charge in [-0.2, -0.15) is 0 Å². The van der Waals surface area contributed by atoms with E-state index in [0.717, 1.165) is 6.92 Å². The topological polar surface area (TPSA) is 30.0 Å². The minimum Gasteiger partial charge on any atom is -0.294 e. The molecule has 13 heavy (non-hydrogen) atoms. The second-order valence-electron chi connectivity index (χ2n) is 2.25. The molecular weight excluding hydrogens is 312 g/mol. The van der Waals surface area contributed by atoms with Gasteiger partial charge in [0.25, 0.3) is 0 Å². The molecule has 0 N–H and O–H groups in total. The van der Waals surface area contributed by atoms with Crippen molar-refractivity contribution >= 4 is 37.6 Å². The van der Waals surface area contributed by atoms with E-state index in [2.05, 4.69) is 36.8 Å². The van der Waals surface area contributed by atoms with Crippen LogP contribution >= 0.6 is 31.9 Å². The van der Waals surface area contributed by atoms with Crippen molar-refractivity contribution in [3.8, 4) is 0 Å². The number of rotatable bonds is 1. The Hall–Kier alpha value is -0.360. The van der Waals surface area contributed by atoms with Crippen molar-refractivity contribution in [3.63, 3.8) is 0 Å². The van der Waals surface area contributed by atoms with Gasteiger partial charge in [-0.1, -0.05) is 0 Å². The molecule has 0 aliphatic carbocycles. The predicted octanol–water partition coefficient (Wildman–Crippen LogP) is 3.09. The number of halogens is 4. The SMILES string of the molecule is CC(=O)c1c(F)c(Br)nc(Br)c1F. The Morgan fingerprint density at radius 2 is 1.62 bits per heavy atom. The monoisotopic (exact) mass is 313 g/mol. The van der Waals surface area contributed by atoms with Crippen LogP contribution in [0.2, 0.25) is 0 Å². The average molecular weight is 315 g/mol. The van der Waals surface area contributed by atoms with Crippen LogP contribution in [-0.4, -0.2) is 10.8 Å². The number of pyridine rings is 1. The van der Waals surface area contributed by atoms with E-state index in [-0.39, 0.29) is 9.21 Å². The summed E-state index contributed by atoms with van der Waals surface area (Å²) in [5, 5.41) is 0. The van der Waals surface area contributed by atoms with E-state index in [0.29, 0.717) is 0 Å². The van der Waals surface area contributed by atoms with Gasteiger partial charge >= 0.3 is 0 Å². The highest BCUT2D eigenvalue weighted by Gasteiger charge is 2.20. The normalized spacial score (nSPS) is 10.2. The Kier molecular flexibility index (Phi) is 3.13. The van der Waals surface area contributed by atoms with Crippen LogP contribution in [-0.2, 0) is 0 Å². The number of ketones is 1. The Labute approximate surface area is 89.6 Å². The molecule has 0 saturated carbocycles. The lowest BCUT2D eigenvalue weighted by Gasteiger charge is -2.03. The molecule has 0 amide bonds. The number of Topliss-reactive ketones (excluding diaryl/α,β-unsaturated/α-hetero) is 1. The van der Waals surface area contributed by atoms with Crippen molar-refractivity contribution in [1.29, 1.82) is 0 Å². The minimum atomic E-state index is -0.979. The molecule has 1 aromatic rings. The molecule has 0 unspecified atom stereocenters. The van der Waals surface area contributed by atoms with Gasteiger partial charge in [0.05, 0.1) is 5.56 Å². The van der Waals surface area contributed by atoms with Crippen LogP contribution in [0, 0.1) is 11.6 Å². The molecular formula is C7H3Br2F2NO. The van der Waals surface area contributed by atoms with E-state index in [1.165, 1.54) is 0 Å². The smallest absolute Gasteiger partial charge is 0.169 e. The summed E-state index contributed by atoms with van der Waals surface area (Å²) in [4.78, 5) is 14.3. The molecule has 0 radical (unpaired) electrons. The first-order chi connectivity index (χ1) is 5.95. The van der Waals surface area contributed by atoms with Crippen molar-refractivity contribution in [2.45, 2.75) is 6.92 Å². The van der Waals surface area contributed by atoms with E-state index >= 15 is 0 Å². The molecule has 1 aromatic heterocycles. The molecule has 1 heterocycles. The van der Waals surface area contributed by atoms with Crippen LogP contribution in [0.25, 0.3) is 0 Å². The highest BCUT2D eigenvalue weighted by molar-refractivity contribution is 9.11. The molecule has 0 aliphatic rings. The van der Waals surface area contributed by atoms with Gasteiger partial charge in [-0.3, -0.25) is 4.79 Å². The fourth-order valence-corrected chi connectivity index (χ4v) is 1.79. The Morgan fingerprint density at radius 3 is 1.92 bits per heavy atom. The quantitative estimate of drug-likeness (QED) is 0.589. The summed E-state index contributed by atoms with van der Waals surface area (Å²) in [6.07, 6.45) is 0. The van der Waals surface area contributed by atoms with E-state index in [1.807, 2.05) is 0 Å². The van der Waals surface area contributed by atoms with E-state index in [9.17, 15) is 13.6 Å². The summed E-state index contributed by atoms with van der Waals surface area (Å²) < 4.78 is 25.8. The zero-order valence-corrected chi connectivity index (χ0v) is 9.54. The molecule has 0 spiro atoms. The van der Waals surface area contributed by atoms with Crippen molar-refractivity contribution in [2.24, 2.45) is 0 Å². The lowest BCUT2D eigenvalue weighted by molar-refractivity contribution is 0.100. The number of aromatic nitrogens is 1. The second kappa shape index (κ2) is 3.79. The van der Waals surface area contributed by atoms with E-state index < -0.39 is 23.0 Å². The van der Waals surface area contributed by atoms with Gasteiger partial charge in [-0.25, -0.2) is 13.8 Å². The summed E-state index contributed by atoms with van der Waals surface area (Å²) >= 11 is 5.53. The zero-order chi connectivity index (χ0) is 10.2. The van der Waals surface area contributed by atoms with Crippen molar-refractivity contribution in [2.75, 3.05) is 0 Å². The Balaban J connectivity index is 3.56. The van der Waals surface area contributed by atoms with Gasteiger partial charge < -0.3 is 0 Å². The number of carbonyl (C=O) groups is 1. The molecule has 70 valence electrons. The van der Waals surface area contributed by atoms with Crippen LogP contribution in [0.5, 0.6) is 0 Å². The maximum absolute atomic E-state index is 13.1. The molecule has 0 atom stereocenters. The van der Waals surface area contributed by atoms with Gasteiger partial charge in [-0.05, 0) is 38.8 Å².